The molecule has 0 heterocycles. The van der Waals surface area contributed by atoms with E-state index in [0.717, 1.165) is 29.6 Å². The Morgan fingerprint density at radius 2 is 1.86 bits per heavy atom. The van der Waals surface area contributed by atoms with E-state index in [9.17, 15) is 0 Å². The van der Waals surface area contributed by atoms with Crippen molar-refractivity contribution >= 4 is 0 Å². The Morgan fingerprint density at radius 3 is 2.29 bits per heavy atom. The molecule has 0 aromatic heterocycles. The molecule has 0 spiro atoms. The lowest BCUT2D eigenvalue weighted by Gasteiger charge is -2.47. The highest BCUT2D eigenvalue weighted by atomic mass is 14.4. The van der Waals surface area contributed by atoms with Gasteiger partial charge in [0.2, 0.25) is 0 Å². The first kappa shape index (κ1) is 12.1. The SMILES string of the molecule is CCC(C)CC(C)C1CC(C)C1CC. The van der Waals surface area contributed by atoms with E-state index in [1.54, 1.807) is 0 Å². The van der Waals surface area contributed by atoms with Gasteiger partial charge in [-0.15, -0.1) is 0 Å². The topological polar surface area (TPSA) is 0 Å². The Bertz CT molecular complexity index is 161. The van der Waals surface area contributed by atoms with Gasteiger partial charge in [0.25, 0.3) is 0 Å². The standard InChI is InChI=1S/C14H28/c1-6-10(3)8-11(4)14-9-12(5)13(14)7-2/h10-14H,6-9H2,1-5H3. The molecule has 1 fully saturated rings. The van der Waals surface area contributed by atoms with E-state index < -0.39 is 0 Å². The van der Waals surface area contributed by atoms with Crippen molar-refractivity contribution in [2.45, 2.75) is 60.3 Å². The molecule has 0 bridgehead atoms. The smallest absolute Gasteiger partial charge is 0.0355 e. The minimum absolute atomic E-state index is 0.929. The molecular formula is C14H28. The highest BCUT2D eigenvalue weighted by Crippen LogP contribution is 2.47. The summed E-state index contributed by atoms with van der Waals surface area (Å²) in [6.07, 6.45) is 5.70. The maximum atomic E-state index is 2.48. The normalized spacial score (nSPS) is 36.2. The highest BCUT2D eigenvalue weighted by Gasteiger charge is 2.39. The molecule has 84 valence electrons. The summed E-state index contributed by atoms with van der Waals surface area (Å²) in [5.41, 5.74) is 0. The second kappa shape index (κ2) is 5.19. The van der Waals surface area contributed by atoms with E-state index in [4.69, 9.17) is 0 Å². The molecule has 5 atom stereocenters. The van der Waals surface area contributed by atoms with Gasteiger partial charge in [-0.3, -0.25) is 0 Å². The maximum absolute atomic E-state index is 2.48. The lowest BCUT2D eigenvalue weighted by atomic mass is 9.59. The molecule has 0 saturated heterocycles. The average Bonchev–Trinajstić information content (AvgIpc) is 2.14. The number of rotatable bonds is 5. The van der Waals surface area contributed by atoms with Gasteiger partial charge in [0, 0.05) is 0 Å². The van der Waals surface area contributed by atoms with Gasteiger partial charge >= 0.3 is 0 Å². The van der Waals surface area contributed by atoms with Crippen LogP contribution in [0.15, 0.2) is 0 Å². The van der Waals surface area contributed by atoms with Crippen molar-refractivity contribution in [3.63, 3.8) is 0 Å². The summed E-state index contributed by atoms with van der Waals surface area (Å²) in [4.78, 5) is 0. The molecule has 0 heteroatoms. The van der Waals surface area contributed by atoms with E-state index >= 15 is 0 Å². The molecule has 1 rings (SSSR count). The molecule has 0 amide bonds. The molecule has 14 heavy (non-hydrogen) atoms. The molecule has 1 aliphatic carbocycles. The van der Waals surface area contributed by atoms with Crippen LogP contribution in [-0.2, 0) is 0 Å². The zero-order valence-electron chi connectivity index (χ0n) is 10.7. The molecule has 0 aromatic rings. The van der Waals surface area contributed by atoms with Gasteiger partial charge in [-0.25, -0.2) is 0 Å². The Hall–Kier alpha value is 0. The Kier molecular flexibility index (Phi) is 4.47. The lowest BCUT2D eigenvalue weighted by Crippen LogP contribution is -2.38. The van der Waals surface area contributed by atoms with Crippen LogP contribution in [-0.4, -0.2) is 0 Å². The zero-order valence-corrected chi connectivity index (χ0v) is 10.7. The third-order valence-electron chi connectivity index (χ3n) is 4.60. The van der Waals surface area contributed by atoms with Gasteiger partial charge in [-0.2, -0.15) is 0 Å². The fourth-order valence-electron chi connectivity index (χ4n) is 3.34. The van der Waals surface area contributed by atoms with E-state index in [1.807, 2.05) is 0 Å². The van der Waals surface area contributed by atoms with Crippen molar-refractivity contribution in [3.8, 4) is 0 Å². The lowest BCUT2D eigenvalue weighted by molar-refractivity contribution is 0.0289. The third kappa shape index (κ3) is 2.52. The number of hydrogen-bond donors (Lipinski definition) is 0. The van der Waals surface area contributed by atoms with Crippen LogP contribution < -0.4 is 0 Å². The summed E-state index contributed by atoms with van der Waals surface area (Å²) in [6.45, 7) is 12.0. The van der Waals surface area contributed by atoms with Gasteiger partial charge in [0.05, 0.1) is 0 Å². The van der Waals surface area contributed by atoms with Crippen LogP contribution in [0.3, 0.4) is 0 Å². The highest BCUT2D eigenvalue weighted by molar-refractivity contribution is 4.88. The molecule has 0 radical (unpaired) electrons. The van der Waals surface area contributed by atoms with Crippen molar-refractivity contribution in [1.29, 1.82) is 0 Å². The third-order valence-corrected chi connectivity index (χ3v) is 4.60. The van der Waals surface area contributed by atoms with Crippen molar-refractivity contribution < 1.29 is 0 Å². The van der Waals surface area contributed by atoms with Crippen LogP contribution in [0.5, 0.6) is 0 Å². The molecule has 0 aliphatic heterocycles. The summed E-state index contributed by atoms with van der Waals surface area (Å²) in [5.74, 6) is 4.98. The molecule has 5 unspecified atom stereocenters. The van der Waals surface area contributed by atoms with Crippen LogP contribution in [0.4, 0.5) is 0 Å². The first-order chi connectivity index (χ1) is 6.60. The molecular weight excluding hydrogens is 168 g/mol. The fraction of sp³-hybridized carbons (Fsp3) is 1.00. The second-order valence-corrected chi connectivity index (χ2v) is 5.68. The van der Waals surface area contributed by atoms with E-state index in [2.05, 4.69) is 34.6 Å². The van der Waals surface area contributed by atoms with Crippen molar-refractivity contribution in [2.75, 3.05) is 0 Å². The van der Waals surface area contributed by atoms with Crippen LogP contribution >= 0.6 is 0 Å². The monoisotopic (exact) mass is 196 g/mol. The fourth-order valence-corrected chi connectivity index (χ4v) is 3.34. The quantitative estimate of drug-likeness (QED) is 0.595. The zero-order chi connectivity index (χ0) is 10.7. The van der Waals surface area contributed by atoms with E-state index in [-0.39, 0.29) is 0 Å². The van der Waals surface area contributed by atoms with Crippen LogP contribution in [0.1, 0.15) is 60.3 Å². The Balaban J connectivity index is 2.34. The van der Waals surface area contributed by atoms with Gasteiger partial charge in [-0.05, 0) is 42.4 Å². The summed E-state index contributed by atoms with van der Waals surface area (Å²) < 4.78 is 0. The predicted molar refractivity (Wildman–Crippen MR) is 64.3 cm³/mol. The van der Waals surface area contributed by atoms with Crippen LogP contribution in [0.2, 0.25) is 0 Å². The molecule has 1 aliphatic rings. The summed E-state index contributed by atoms with van der Waals surface area (Å²) in [6, 6.07) is 0. The summed E-state index contributed by atoms with van der Waals surface area (Å²) in [7, 11) is 0. The van der Waals surface area contributed by atoms with Crippen molar-refractivity contribution in [3.05, 3.63) is 0 Å². The van der Waals surface area contributed by atoms with Crippen molar-refractivity contribution in [1.82, 2.24) is 0 Å². The van der Waals surface area contributed by atoms with Gasteiger partial charge in [-0.1, -0.05) is 47.5 Å². The first-order valence-electron chi connectivity index (χ1n) is 6.60. The van der Waals surface area contributed by atoms with E-state index in [0.29, 0.717) is 0 Å². The molecule has 0 nitrogen and oxygen atoms in total. The largest absolute Gasteiger partial charge is 0.0651 e. The molecule has 0 N–H and O–H groups in total. The summed E-state index contributed by atoms with van der Waals surface area (Å²) in [5, 5.41) is 0. The first-order valence-corrected chi connectivity index (χ1v) is 6.60. The molecule has 1 saturated carbocycles. The number of hydrogen-bond acceptors (Lipinski definition) is 0. The Labute approximate surface area is 90.5 Å². The minimum Gasteiger partial charge on any atom is -0.0651 e. The van der Waals surface area contributed by atoms with Crippen LogP contribution in [0, 0.1) is 29.6 Å². The van der Waals surface area contributed by atoms with Gasteiger partial charge < -0.3 is 0 Å². The maximum Gasteiger partial charge on any atom is -0.0355 e. The van der Waals surface area contributed by atoms with Gasteiger partial charge in [0.1, 0.15) is 0 Å². The predicted octanol–water partition coefficient (Wildman–Crippen LogP) is 4.74. The second-order valence-electron chi connectivity index (χ2n) is 5.68. The van der Waals surface area contributed by atoms with Crippen molar-refractivity contribution in [2.24, 2.45) is 29.6 Å². The van der Waals surface area contributed by atoms with E-state index in [1.165, 1.54) is 25.7 Å². The molecule has 0 aromatic carbocycles. The van der Waals surface area contributed by atoms with Crippen LogP contribution in [0.25, 0.3) is 0 Å². The Morgan fingerprint density at radius 1 is 1.21 bits per heavy atom. The van der Waals surface area contributed by atoms with Gasteiger partial charge in [0.15, 0.2) is 0 Å². The minimum atomic E-state index is 0.929. The summed E-state index contributed by atoms with van der Waals surface area (Å²) >= 11 is 0. The average molecular weight is 196 g/mol.